The molecule has 0 saturated carbocycles. The Hall–Kier alpha value is -3.53. The molecule has 3 heterocycles. The monoisotopic (exact) mass is 483 g/mol. The summed E-state index contributed by atoms with van der Waals surface area (Å²) >= 11 is 0. The minimum atomic E-state index is -3.02. The van der Waals surface area contributed by atoms with Crippen molar-refractivity contribution in [2.24, 2.45) is 0 Å². The van der Waals surface area contributed by atoms with E-state index in [9.17, 15) is 17.6 Å². The normalized spacial score (nSPS) is 15.0. The average molecular weight is 484 g/mol. The molecule has 1 aliphatic heterocycles. The van der Waals surface area contributed by atoms with Gasteiger partial charge in [-0.2, -0.15) is 0 Å². The number of halogens is 1. The number of aromatic nitrogens is 2. The molecule has 1 fully saturated rings. The highest BCUT2D eigenvalue weighted by molar-refractivity contribution is 7.91. The largest absolute Gasteiger partial charge is 0.369 e. The van der Waals surface area contributed by atoms with Crippen LogP contribution in [0.1, 0.15) is 21.5 Å². The molecular weight excluding hydrogens is 457 g/mol. The first-order valence-electron chi connectivity index (χ1n) is 11.0. The maximum atomic E-state index is 13.5. The van der Waals surface area contributed by atoms with E-state index in [2.05, 4.69) is 20.6 Å². The molecule has 1 saturated heterocycles. The Balaban J connectivity index is 1.50. The number of sulfone groups is 1. The topological polar surface area (TPSA) is 104 Å². The van der Waals surface area contributed by atoms with Crippen molar-refractivity contribution in [1.29, 1.82) is 0 Å². The minimum Gasteiger partial charge on any atom is -0.369 e. The predicted molar refractivity (Wildman–Crippen MR) is 129 cm³/mol. The van der Waals surface area contributed by atoms with Gasteiger partial charge < -0.3 is 15.5 Å². The second kappa shape index (κ2) is 10.6. The van der Waals surface area contributed by atoms with Gasteiger partial charge in [0.15, 0.2) is 9.84 Å². The first kappa shape index (κ1) is 23.6. The fourth-order valence-electron chi connectivity index (χ4n) is 3.68. The number of carbonyl (C=O) groups is 1. The summed E-state index contributed by atoms with van der Waals surface area (Å²) in [6, 6.07) is 13.5. The molecule has 10 heteroatoms. The molecule has 1 amide bonds. The van der Waals surface area contributed by atoms with Gasteiger partial charge in [0.2, 0.25) is 0 Å². The fourth-order valence-corrected chi connectivity index (χ4v) is 4.88. The molecule has 34 heavy (non-hydrogen) atoms. The number of carbonyl (C=O) groups excluding carboxylic acids is 1. The van der Waals surface area contributed by atoms with Gasteiger partial charge in [0.05, 0.1) is 17.1 Å². The molecule has 0 unspecified atom stereocenters. The molecule has 0 radical (unpaired) electrons. The predicted octanol–water partition coefficient (Wildman–Crippen LogP) is 2.44. The lowest BCUT2D eigenvalue weighted by Crippen LogP contribution is -2.40. The van der Waals surface area contributed by atoms with Crippen LogP contribution in [0.15, 0.2) is 60.9 Å². The Morgan fingerprint density at radius 1 is 1.06 bits per heavy atom. The van der Waals surface area contributed by atoms with Gasteiger partial charge in [0, 0.05) is 38.6 Å². The van der Waals surface area contributed by atoms with Crippen LogP contribution in [0.4, 0.5) is 16.0 Å². The summed E-state index contributed by atoms with van der Waals surface area (Å²) in [4.78, 5) is 23.5. The lowest BCUT2D eigenvalue weighted by atomic mass is 10.1. The number of amides is 1. The van der Waals surface area contributed by atoms with Crippen LogP contribution in [0.5, 0.6) is 0 Å². The Morgan fingerprint density at radius 3 is 2.59 bits per heavy atom. The quantitative estimate of drug-likeness (QED) is 0.507. The molecule has 3 aromatic rings. The number of nitrogens with one attached hydrogen (secondary N) is 2. The molecule has 0 spiro atoms. The zero-order valence-corrected chi connectivity index (χ0v) is 19.4. The summed E-state index contributed by atoms with van der Waals surface area (Å²) in [6.45, 7) is 1.47. The maximum Gasteiger partial charge on any atom is 0.255 e. The highest BCUT2D eigenvalue weighted by Gasteiger charge is 2.24. The number of hydrogen-bond donors (Lipinski definition) is 2. The summed E-state index contributed by atoms with van der Waals surface area (Å²) in [5.41, 5.74) is 2.07. The van der Waals surface area contributed by atoms with Gasteiger partial charge in [-0.15, -0.1) is 0 Å². The first-order chi connectivity index (χ1) is 16.4. The summed E-state index contributed by atoms with van der Waals surface area (Å²) < 4.78 is 37.1. The van der Waals surface area contributed by atoms with Gasteiger partial charge in [-0.25, -0.2) is 17.8 Å². The molecule has 1 aromatic carbocycles. The molecular formula is C24H26FN5O3S. The fraction of sp³-hybridized carbons (Fsp3) is 0.292. The van der Waals surface area contributed by atoms with E-state index in [4.69, 9.17) is 0 Å². The number of anilines is 2. The average Bonchev–Trinajstić information content (AvgIpc) is 2.83. The molecule has 8 nitrogen and oxygen atoms in total. The van der Waals surface area contributed by atoms with E-state index in [1.165, 1.54) is 12.1 Å². The van der Waals surface area contributed by atoms with Crippen molar-refractivity contribution < 1.29 is 17.6 Å². The number of hydrogen-bond acceptors (Lipinski definition) is 7. The van der Waals surface area contributed by atoms with E-state index >= 15 is 0 Å². The second-order valence-corrected chi connectivity index (χ2v) is 10.4. The van der Waals surface area contributed by atoms with Crippen molar-refractivity contribution in [3.8, 4) is 0 Å². The summed E-state index contributed by atoms with van der Waals surface area (Å²) in [5.74, 6) is 0.554. The van der Waals surface area contributed by atoms with Crippen molar-refractivity contribution in [2.45, 2.75) is 13.0 Å². The van der Waals surface area contributed by atoms with Crippen molar-refractivity contribution in [1.82, 2.24) is 15.3 Å². The summed E-state index contributed by atoms with van der Waals surface area (Å²) in [5, 5.41) is 6.08. The highest BCUT2D eigenvalue weighted by atomic mass is 32.2. The standard InChI is InChI=1S/C24H26FN5O3S/c25-20-5-1-3-18(15-20)8-10-27-23-21(24(31)28-17-19-4-2-9-26-16-19)6-7-22(29-23)30-11-13-34(32,33)14-12-30/h1-7,9,15-16H,8,10-14,17H2,(H,27,29)(H,28,31). The number of nitrogens with zero attached hydrogens (tertiary/aromatic N) is 3. The van der Waals surface area contributed by atoms with Gasteiger partial charge in [-0.3, -0.25) is 9.78 Å². The van der Waals surface area contributed by atoms with Crippen LogP contribution in [0, 0.1) is 5.82 Å². The smallest absolute Gasteiger partial charge is 0.255 e. The van der Waals surface area contributed by atoms with Crippen LogP contribution in [0.3, 0.4) is 0 Å². The Kier molecular flexibility index (Phi) is 7.36. The van der Waals surface area contributed by atoms with E-state index in [1.54, 1.807) is 36.7 Å². The molecule has 1 aliphatic rings. The van der Waals surface area contributed by atoms with Gasteiger partial charge in [0.25, 0.3) is 5.91 Å². The molecule has 0 atom stereocenters. The lowest BCUT2D eigenvalue weighted by Gasteiger charge is -2.28. The summed E-state index contributed by atoms with van der Waals surface area (Å²) in [7, 11) is -3.02. The third kappa shape index (κ3) is 6.28. The van der Waals surface area contributed by atoms with E-state index in [0.717, 1.165) is 11.1 Å². The van der Waals surface area contributed by atoms with Crippen LogP contribution >= 0.6 is 0 Å². The third-order valence-corrected chi connectivity index (χ3v) is 7.17. The van der Waals surface area contributed by atoms with E-state index in [-0.39, 0.29) is 23.2 Å². The van der Waals surface area contributed by atoms with Crippen LogP contribution < -0.4 is 15.5 Å². The van der Waals surface area contributed by atoms with Gasteiger partial charge >= 0.3 is 0 Å². The van der Waals surface area contributed by atoms with Crippen molar-refractivity contribution in [3.05, 3.63) is 83.4 Å². The SMILES string of the molecule is O=C(NCc1cccnc1)c1ccc(N2CCS(=O)(=O)CC2)nc1NCCc1cccc(F)c1. The molecule has 0 bridgehead atoms. The number of pyridine rings is 2. The van der Waals surface area contributed by atoms with Crippen molar-refractivity contribution >= 4 is 27.4 Å². The van der Waals surface area contributed by atoms with Crippen LogP contribution in [0.2, 0.25) is 0 Å². The third-order valence-electron chi connectivity index (χ3n) is 5.56. The van der Waals surface area contributed by atoms with Crippen molar-refractivity contribution in [3.63, 3.8) is 0 Å². The molecule has 0 aliphatic carbocycles. The molecule has 2 aromatic heterocycles. The van der Waals surface area contributed by atoms with Gasteiger partial charge in [-0.05, 0) is 47.9 Å². The maximum absolute atomic E-state index is 13.5. The molecule has 2 N–H and O–H groups in total. The zero-order valence-electron chi connectivity index (χ0n) is 18.6. The van der Waals surface area contributed by atoms with Crippen LogP contribution in [0.25, 0.3) is 0 Å². The molecule has 178 valence electrons. The van der Waals surface area contributed by atoms with E-state index in [0.29, 0.717) is 49.8 Å². The highest BCUT2D eigenvalue weighted by Crippen LogP contribution is 2.21. The van der Waals surface area contributed by atoms with Crippen molar-refractivity contribution in [2.75, 3.05) is 41.4 Å². The minimum absolute atomic E-state index is 0.0738. The van der Waals surface area contributed by atoms with Gasteiger partial charge in [-0.1, -0.05) is 18.2 Å². The number of benzene rings is 1. The summed E-state index contributed by atoms with van der Waals surface area (Å²) in [6.07, 6.45) is 3.90. The van der Waals surface area contributed by atoms with Crippen LogP contribution in [-0.4, -0.2) is 55.4 Å². The molecule has 4 rings (SSSR count). The van der Waals surface area contributed by atoms with E-state index < -0.39 is 9.84 Å². The van der Waals surface area contributed by atoms with Crippen LogP contribution in [-0.2, 0) is 22.8 Å². The lowest BCUT2D eigenvalue weighted by molar-refractivity contribution is 0.0951. The Labute approximate surface area is 198 Å². The second-order valence-electron chi connectivity index (χ2n) is 8.06. The number of rotatable bonds is 8. The Bertz CT molecular complexity index is 1240. The zero-order chi connectivity index (χ0) is 24.0. The Morgan fingerprint density at radius 2 is 1.85 bits per heavy atom. The first-order valence-corrected chi connectivity index (χ1v) is 12.8. The van der Waals surface area contributed by atoms with E-state index in [1.807, 2.05) is 17.0 Å². The van der Waals surface area contributed by atoms with Gasteiger partial charge in [0.1, 0.15) is 17.5 Å².